The lowest BCUT2D eigenvalue weighted by Crippen LogP contribution is -2.50. The van der Waals surface area contributed by atoms with E-state index in [9.17, 15) is 9.59 Å². The molecule has 1 unspecified atom stereocenters. The minimum absolute atomic E-state index is 0.0179. The molecule has 0 radical (unpaired) electrons. The van der Waals surface area contributed by atoms with Gasteiger partial charge in [0.2, 0.25) is 0 Å². The third-order valence-corrected chi connectivity index (χ3v) is 8.64. The average molecular weight is 385 g/mol. The van der Waals surface area contributed by atoms with Crippen LogP contribution in [0, 0.1) is 34.0 Å². The standard InChI is InChI=1S/C25H36O3/c1-15-13-20-18-8-7-16-14-17(28-22(27)23(2,3)4)9-11-24(16,5)19(18)10-12-25(20,6)21(15)26/h7,17-20H,1,8-14H2,2-6H3/t17?,18-,19-,20+,24+,25+/m1/s1. The number of carbonyl (C=O) groups is 2. The van der Waals surface area contributed by atoms with Crippen molar-refractivity contribution in [3.05, 3.63) is 23.8 Å². The van der Waals surface area contributed by atoms with Gasteiger partial charge in [0.25, 0.3) is 0 Å². The highest BCUT2D eigenvalue weighted by Crippen LogP contribution is 2.64. The lowest BCUT2D eigenvalue weighted by atomic mass is 9.48. The van der Waals surface area contributed by atoms with E-state index in [0.29, 0.717) is 23.5 Å². The Bertz CT molecular complexity index is 754. The van der Waals surface area contributed by atoms with E-state index in [4.69, 9.17) is 4.74 Å². The van der Waals surface area contributed by atoms with E-state index in [1.807, 2.05) is 20.8 Å². The summed E-state index contributed by atoms with van der Waals surface area (Å²) >= 11 is 0. The predicted octanol–water partition coefficient (Wildman–Crippen LogP) is 5.64. The van der Waals surface area contributed by atoms with Gasteiger partial charge in [0.15, 0.2) is 5.78 Å². The van der Waals surface area contributed by atoms with Gasteiger partial charge in [0.05, 0.1) is 5.41 Å². The van der Waals surface area contributed by atoms with E-state index < -0.39 is 5.41 Å². The third kappa shape index (κ3) is 2.83. The summed E-state index contributed by atoms with van der Waals surface area (Å²) in [5.41, 5.74) is 1.92. The normalized spacial score (nSPS) is 43.0. The third-order valence-electron chi connectivity index (χ3n) is 8.64. The van der Waals surface area contributed by atoms with Crippen LogP contribution in [-0.4, -0.2) is 17.9 Å². The average Bonchev–Trinajstić information content (AvgIpc) is 2.85. The number of esters is 1. The zero-order valence-corrected chi connectivity index (χ0v) is 18.3. The molecule has 0 aromatic carbocycles. The summed E-state index contributed by atoms with van der Waals surface area (Å²) in [6.45, 7) is 14.5. The SMILES string of the molecule is C=C1C[C@H]2[C@@H]3CC=C4CC(OC(=O)C(C)(C)C)CC[C@]4(C)[C@@H]3CC[C@]2(C)C1=O. The first-order valence-corrected chi connectivity index (χ1v) is 11.1. The maximum atomic E-state index is 12.8. The molecule has 0 aromatic rings. The van der Waals surface area contributed by atoms with Crippen molar-refractivity contribution in [1.29, 1.82) is 0 Å². The molecule has 3 heteroatoms. The molecular formula is C25H36O3. The Morgan fingerprint density at radius 1 is 1.11 bits per heavy atom. The zero-order chi connectivity index (χ0) is 20.5. The van der Waals surface area contributed by atoms with E-state index in [2.05, 4.69) is 26.5 Å². The van der Waals surface area contributed by atoms with Gasteiger partial charge in [-0.05, 0) is 88.0 Å². The topological polar surface area (TPSA) is 43.4 Å². The van der Waals surface area contributed by atoms with Gasteiger partial charge in [-0.15, -0.1) is 0 Å². The summed E-state index contributed by atoms with van der Waals surface area (Å²) in [5, 5.41) is 0. The number of hydrogen-bond acceptors (Lipinski definition) is 3. The van der Waals surface area contributed by atoms with Crippen molar-refractivity contribution < 1.29 is 14.3 Å². The molecule has 4 aliphatic rings. The highest BCUT2D eigenvalue weighted by Gasteiger charge is 2.59. The summed E-state index contributed by atoms with van der Waals surface area (Å²) in [5.74, 6) is 1.92. The first-order valence-electron chi connectivity index (χ1n) is 11.1. The first kappa shape index (κ1) is 19.9. The Morgan fingerprint density at radius 2 is 1.79 bits per heavy atom. The van der Waals surface area contributed by atoms with Gasteiger partial charge >= 0.3 is 5.97 Å². The molecule has 0 aromatic heterocycles. The highest BCUT2D eigenvalue weighted by atomic mass is 16.5. The van der Waals surface area contributed by atoms with Crippen molar-refractivity contribution >= 4 is 11.8 Å². The monoisotopic (exact) mass is 384 g/mol. The number of ketones is 1. The van der Waals surface area contributed by atoms with Crippen molar-refractivity contribution in [2.24, 2.45) is 34.0 Å². The van der Waals surface area contributed by atoms with Crippen LogP contribution in [0.15, 0.2) is 23.8 Å². The molecule has 3 nitrogen and oxygen atoms in total. The van der Waals surface area contributed by atoms with Gasteiger partial charge in [-0.1, -0.05) is 32.1 Å². The van der Waals surface area contributed by atoms with Crippen LogP contribution < -0.4 is 0 Å². The quantitative estimate of drug-likeness (QED) is 0.334. The zero-order valence-electron chi connectivity index (χ0n) is 18.3. The number of hydrogen-bond donors (Lipinski definition) is 0. The van der Waals surface area contributed by atoms with Crippen LogP contribution in [0.3, 0.4) is 0 Å². The molecule has 0 amide bonds. The fourth-order valence-electron chi connectivity index (χ4n) is 6.80. The first-order chi connectivity index (χ1) is 13.0. The Hall–Kier alpha value is -1.38. The second kappa shape index (κ2) is 6.31. The number of ether oxygens (including phenoxy) is 1. The van der Waals surface area contributed by atoms with Crippen LogP contribution >= 0.6 is 0 Å². The van der Waals surface area contributed by atoms with Crippen molar-refractivity contribution in [2.45, 2.75) is 85.7 Å². The van der Waals surface area contributed by atoms with E-state index >= 15 is 0 Å². The molecule has 3 fully saturated rings. The van der Waals surface area contributed by atoms with Gasteiger partial charge in [-0.3, -0.25) is 9.59 Å². The summed E-state index contributed by atoms with van der Waals surface area (Å²) in [6, 6.07) is 0. The van der Waals surface area contributed by atoms with Gasteiger partial charge < -0.3 is 4.74 Å². The van der Waals surface area contributed by atoms with Crippen molar-refractivity contribution in [3.63, 3.8) is 0 Å². The highest BCUT2D eigenvalue weighted by molar-refractivity contribution is 6.02. The number of allylic oxidation sites excluding steroid dienone is 2. The number of fused-ring (bicyclic) bond motifs is 5. The van der Waals surface area contributed by atoms with Crippen LogP contribution in [-0.2, 0) is 14.3 Å². The van der Waals surface area contributed by atoms with Gasteiger partial charge in [0.1, 0.15) is 6.10 Å². The molecule has 6 atom stereocenters. The second-order valence-corrected chi connectivity index (χ2v) is 11.4. The molecule has 28 heavy (non-hydrogen) atoms. The maximum Gasteiger partial charge on any atom is 0.311 e. The Labute approximate surface area is 170 Å². The fourth-order valence-corrected chi connectivity index (χ4v) is 6.80. The smallest absolute Gasteiger partial charge is 0.311 e. The molecule has 0 bridgehead atoms. The van der Waals surface area contributed by atoms with E-state index in [1.165, 1.54) is 5.57 Å². The van der Waals surface area contributed by atoms with Gasteiger partial charge in [-0.25, -0.2) is 0 Å². The molecule has 4 rings (SSSR count). The van der Waals surface area contributed by atoms with Crippen LogP contribution in [0.1, 0.15) is 79.6 Å². The summed E-state index contributed by atoms with van der Waals surface area (Å²) in [4.78, 5) is 25.1. The molecule has 0 saturated heterocycles. The molecule has 0 spiro atoms. The molecular weight excluding hydrogens is 348 g/mol. The van der Waals surface area contributed by atoms with Crippen molar-refractivity contribution in [3.8, 4) is 0 Å². The molecule has 0 heterocycles. The lowest BCUT2D eigenvalue weighted by molar-refractivity contribution is -0.160. The lowest BCUT2D eigenvalue weighted by Gasteiger charge is -2.56. The number of carbonyl (C=O) groups excluding carboxylic acids is 2. The van der Waals surface area contributed by atoms with E-state index in [0.717, 1.165) is 50.5 Å². The van der Waals surface area contributed by atoms with Gasteiger partial charge in [0, 0.05) is 11.8 Å². The van der Waals surface area contributed by atoms with Crippen LogP contribution in [0.4, 0.5) is 0 Å². The van der Waals surface area contributed by atoms with E-state index in [1.54, 1.807) is 0 Å². The molecule has 154 valence electrons. The van der Waals surface area contributed by atoms with Crippen LogP contribution in [0.5, 0.6) is 0 Å². The molecule has 0 N–H and O–H groups in total. The Morgan fingerprint density at radius 3 is 2.46 bits per heavy atom. The largest absolute Gasteiger partial charge is 0.462 e. The van der Waals surface area contributed by atoms with Crippen molar-refractivity contribution in [2.75, 3.05) is 0 Å². The molecule has 0 aliphatic heterocycles. The van der Waals surface area contributed by atoms with Crippen LogP contribution in [0.25, 0.3) is 0 Å². The van der Waals surface area contributed by atoms with E-state index in [-0.39, 0.29) is 22.9 Å². The fraction of sp³-hybridized carbons (Fsp3) is 0.760. The summed E-state index contributed by atoms with van der Waals surface area (Å²) in [6.07, 6.45) is 9.47. The second-order valence-electron chi connectivity index (χ2n) is 11.4. The minimum atomic E-state index is -0.446. The Kier molecular flexibility index (Phi) is 4.49. The molecule has 4 aliphatic carbocycles. The predicted molar refractivity (Wildman–Crippen MR) is 111 cm³/mol. The number of Topliss-reactive ketones (excluding diaryl/α,β-unsaturated/α-hetero) is 1. The summed E-state index contributed by atoms with van der Waals surface area (Å²) in [7, 11) is 0. The summed E-state index contributed by atoms with van der Waals surface area (Å²) < 4.78 is 5.86. The molecule has 3 saturated carbocycles. The minimum Gasteiger partial charge on any atom is -0.462 e. The Balaban J connectivity index is 1.55. The van der Waals surface area contributed by atoms with Gasteiger partial charge in [-0.2, -0.15) is 0 Å². The van der Waals surface area contributed by atoms with Crippen molar-refractivity contribution in [1.82, 2.24) is 0 Å². The maximum absolute atomic E-state index is 12.8. The number of rotatable bonds is 1. The van der Waals surface area contributed by atoms with Crippen LogP contribution in [0.2, 0.25) is 0 Å².